The number of piperidine rings is 1. The molecule has 2 atom stereocenters. The fraction of sp³-hybridized carbons (Fsp3) is 0.571. The van der Waals surface area contributed by atoms with Crippen LogP contribution >= 0.6 is 0 Å². The van der Waals surface area contributed by atoms with Gasteiger partial charge >= 0.3 is 0 Å². The molecule has 4 fully saturated rings. The first-order valence-corrected chi connectivity index (χ1v) is 9.99. The molecule has 0 N–H and O–H groups in total. The lowest BCUT2D eigenvalue weighted by Gasteiger charge is -2.36. The molecule has 1 aromatic heterocycles. The van der Waals surface area contributed by atoms with Crippen molar-refractivity contribution in [3.63, 3.8) is 0 Å². The zero-order valence-corrected chi connectivity index (χ0v) is 15.2. The molecule has 2 bridgehead atoms. The number of fused-ring (bicyclic) bond motifs is 4. The SMILES string of the molecule is Fc1cccc(-n2cc(CN3C[C@H]4CC[C@@H](C3)N(CC3CC3)C4)cn2)c1. The van der Waals surface area contributed by atoms with E-state index in [-0.39, 0.29) is 5.82 Å². The monoisotopic (exact) mass is 354 g/mol. The lowest BCUT2D eigenvalue weighted by Crippen LogP contribution is -2.44. The third-order valence-electron chi connectivity index (χ3n) is 6.21. The highest BCUT2D eigenvalue weighted by Gasteiger charge is 2.37. The largest absolute Gasteiger partial charge is 0.299 e. The van der Waals surface area contributed by atoms with Crippen LogP contribution in [0.4, 0.5) is 4.39 Å². The van der Waals surface area contributed by atoms with Gasteiger partial charge in [-0.3, -0.25) is 9.80 Å². The van der Waals surface area contributed by atoms with Crippen molar-refractivity contribution in [1.29, 1.82) is 0 Å². The minimum atomic E-state index is -0.223. The van der Waals surface area contributed by atoms with E-state index in [4.69, 9.17) is 0 Å². The Bertz CT molecular complexity index is 769. The zero-order chi connectivity index (χ0) is 17.5. The summed E-state index contributed by atoms with van der Waals surface area (Å²) in [6.07, 6.45) is 9.60. The van der Waals surface area contributed by atoms with Crippen molar-refractivity contribution in [2.45, 2.75) is 38.3 Å². The number of benzene rings is 1. The van der Waals surface area contributed by atoms with Gasteiger partial charge in [0.25, 0.3) is 0 Å². The summed E-state index contributed by atoms with van der Waals surface area (Å²) in [5, 5.41) is 4.45. The number of aromatic nitrogens is 2. The van der Waals surface area contributed by atoms with Gasteiger partial charge in [-0.15, -0.1) is 0 Å². The summed E-state index contributed by atoms with van der Waals surface area (Å²) in [6.45, 7) is 5.93. The first kappa shape index (κ1) is 16.5. The highest BCUT2D eigenvalue weighted by molar-refractivity contribution is 5.31. The van der Waals surface area contributed by atoms with Crippen LogP contribution in [-0.4, -0.2) is 51.8 Å². The molecule has 0 spiro atoms. The van der Waals surface area contributed by atoms with Gasteiger partial charge in [0.05, 0.1) is 11.9 Å². The van der Waals surface area contributed by atoms with E-state index in [1.54, 1.807) is 10.7 Å². The van der Waals surface area contributed by atoms with Crippen LogP contribution in [0.5, 0.6) is 0 Å². The number of hydrogen-bond donors (Lipinski definition) is 0. The number of nitrogens with zero attached hydrogens (tertiary/aromatic N) is 4. The predicted octanol–water partition coefficient (Wildman–Crippen LogP) is 3.32. The fourth-order valence-corrected chi connectivity index (χ4v) is 4.72. The molecule has 5 heteroatoms. The minimum Gasteiger partial charge on any atom is -0.299 e. The molecular formula is C21H27FN4. The minimum absolute atomic E-state index is 0.223. The molecule has 0 amide bonds. The predicted molar refractivity (Wildman–Crippen MR) is 99.6 cm³/mol. The summed E-state index contributed by atoms with van der Waals surface area (Å²) in [5.41, 5.74) is 1.99. The van der Waals surface area contributed by atoms with Crippen LogP contribution in [0.3, 0.4) is 0 Å². The molecule has 3 aliphatic heterocycles. The van der Waals surface area contributed by atoms with E-state index in [9.17, 15) is 4.39 Å². The van der Waals surface area contributed by atoms with E-state index in [0.717, 1.165) is 30.1 Å². The Balaban J connectivity index is 1.26. The van der Waals surface area contributed by atoms with Gasteiger partial charge in [-0.2, -0.15) is 5.10 Å². The lowest BCUT2D eigenvalue weighted by molar-refractivity contribution is 0.125. The van der Waals surface area contributed by atoms with Gasteiger partial charge in [0.2, 0.25) is 0 Å². The first-order valence-electron chi connectivity index (χ1n) is 9.99. The van der Waals surface area contributed by atoms with Crippen LogP contribution < -0.4 is 0 Å². The normalized spacial score (nSPS) is 27.0. The molecule has 4 nitrogen and oxygen atoms in total. The lowest BCUT2D eigenvalue weighted by atomic mass is 9.95. The molecular weight excluding hydrogens is 327 g/mol. The van der Waals surface area contributed by atoms with Crippen LogP contribution in [0.25, 0.3) is 5.69 Å². The standard InChI is InChI=1S/C21H27FN4/c22-19-2-1-3-20(8-19)26-14-18(9-23-26)11-24-10-17-6-7-21(15-24)25(13-17)12-16-4-5-16/h1-3,8-9,14,16-17,21H,4-7,10-13,15H2/t17-,21+/m1/s1. The van der Waals surface area contributed by atoms with Gasteiger partial charge in [-0.1, -0.05) is 6.07 Å². The zero-order valence-electron chi connectivity index (χ0n) is 15.2. The van der Waals surface area contributed by atoms with Gasteiger partial charge in [0.15, 0.2) is 0 Å². The van der Waals surface area contributed by atoms with Gasteiger partial charge in [0.1, 0.15) is 5.82 Å². The van der Waals surface area contributed by atoms with Crippen molar-refractivity contribution < 1.29 is 4.39 Å². The maximum atomic E-state index is 13.4. The summed E-state index contributed by atoms with van der Waals surface area (Å²) in [4.78, 5) is 5.39. The Kier molecular flexibility index (Phi) is 4.29. The van der Waals surface area contributed by atoms with E-state index in [1.165, 1.54) is 69.6 Å². The Morgan fingerprint density at radius 3 is 2.85 bits per heavy atom. The quantitative estimate of drug-likeness (QED) is 0.823. The molecule has 26 heavy (non-hydrogen) atoms. The maximum absolute atomic E-state index is 13.4. The summed E-state index contributed by atoms with van der Waals surface area (Å²) in [7, 11) is 0. The number of rotatable bonds is 5. The summed E-state index contributed by atoms with van der Waals surface area (Å²) < 4.78 is 15.2. The molecule has 138 valence electrons. The second-order valence-corrected chi connectivity index (χ2v) is 8.46. The van der Waals surface area contributed by atoms with Crippen LogP contribution in [0, 0.1) is 17.7 Å². The molecule has 1 aromatic carbocycles. The smallest absolute Gasteiger partial charge is 0.125 e. The van der Waals surface area contributed by atoms with Crippen LogP contribution in [0.2, 0.25) is 0 Å². The van der Waals surface area contributed by atoms with E-state index in [2.05, 4.69) is 14.9 Å². The van der Waals surface area contributed by atoms with E-state index in [0.29, 0.717) is 0 Å². The Hall–Kier alpha value is -1.72. The molecule has 0 unspecified atom stereocenters. The van der Waals surface area contributed by atoms with Gasteiger partial charge < -0.3 is 0 Å². The van der Waals surface area contributed by atoms with Crippen molar-refractivity contribution >= 4 is 0 Å². The second-order valence-electron chi connectivity index (χ2n) is 8.46. The third-order valence-corrected chi connectivity index (χ3v) is 6.21. The molecule has 4 heterocycles. The number of halogens is 1. The highest BCUT2D eigenvalue weighted by Crippen LogP contribution is 2.35. The second kappa shape index (κ2) is 6.78. The van der Waals surface area contributed by atoms with Crippen LogP contribution in [0.15, 0.2) is 36.7 Å². The van der Waals surface area contributed by atoms with E-state index in [1.807, 2.05) is 18.5 Å². The molecule has 3 saturated heterocycles. The Morgan fingerprint density at radius 2 is 2.00 bits per heavy atom. The van der Waals surface area contributed by atoms with Crippen LogP contribution in [-0.2, 0) is 6.54 Å². The molecule has 0 radical (unpaired) electrons. The maximum Gasteiger partial charge on any atom is 0.125 e. The average Bonchev–Trinajstić information content (AvgIpc) is 3.38. The summed E-state index contributed by atoms with van der Waals surface area (Å²) >= 11 is 0. The van der Waals surface area contributed by atoms with Crippen molar-refractivity contribution in [2.75, 3.05) is 26.2 Å². The van der Waals surface area contributed by atoms with Crippen molar-refractivity contribution in [3.8, 4) is 5.69 Å². The Labute approximate surface area is 154 Å². The fourth-order valence-electron chi connectivity index (χ4n) is 4.72. The van der Waals surface area contributed by atoms with Crippen molar-refractivity contribution in [2.24, 2.45) is 11.8 Å². The van der Waals surface area contributed by atoms with Crippen LogP contribution in [0.1, 0.15) is 31.2 Å². The van der Waals surface area contributed by atoms with E-state index >= 15 is 0 Å². The van der Waals surface area contributed by atoms with Gasteiger partial charge in [-0.05, 0) is 55.7 Å². The van der Waals surface area contributed by atoms with Gasteiger partial charge in [-0.25, -0.2) is 9.07 Å². The Morgan fingerprint density at radius 1 is 1.08 bits per heavy atom. The molecule has 2 aromatic rings. The molecule has 4 aliphatic rings. The first-order chi connectivity index (χ1) is 12.7. The van der Waals surface area contributed by atoms with Crippen molar-refractivity contribution in [3.05, 3.63) is 48.0 Å². The van der Waals surface area contributed by atoms with Gasteiger partial charge in [0, 0.05) is 50.5 Å². The van der Waals surface area contributed by atoms with Crippen molar-refractivity contribution in [1.82, 2.24) is 19.6 Å². The topological polar surface area (TPSA) is 24.3 Å². The summed E-state index contributed by atoms with van der Waals surface area (Å²) in [5.74, 6) is 1.57. The molecule has 1 saturated carbocycles. The number of hydrogen-bond acceptors (Lipinski definition) is 3. The molecule has 1 aliphatic carbocycles. The third kappa shape index (κ3) is 3.55. The average molecular weight is 354 g/mol. The molecule has 6 rings (SSSR count). The van der Waals surface area contributed by atoms with E-state index < -0.39 is 0 Å². The summed E-state index contributed by atoms with van der Waals surface area (Å²) in [6, 6.07) is 7.34. The highest BCUT2D eigenvalue weighted by atomic mass is 19.1.